The molecular formula is C15H15Cl3N4O2S. The Hall–Kier alpha value is -1.28. The van der Waals surface area contributed by atoms with E-state index < -0.39 is 11.6 Å². The van der Waals surface area contributed by atoms with Crippen LogP contribution in [0.2, 0.25) is 15.3 Å². The first kappa shape index (κ1) is 20.0. The summed E-state index contributed by atoms with van der Waals surface area (Å²) in [6, 6.07) is 1.64. The van der Waals surface area contributed by atoms with E-state index in [2.05, 4.69) is 15.0 Å². The molecule has 0 unspecified atom stereocenters. The summed E-state index contributed by atoms with van der Waals surface area (Å²) in [6.07, 6.45) is 1.34. The highest BCUT2D eigenvalue weighted by Crippen LogP contribution is 2.38. The molecular weight excluding hydrogens is 407 g/mol. The van der Waals surface area contributed by atoms with Gasteiger partial charge < -0.3 is 10.5 Å². The molecule has 0 aliphatic carbocycles. The third-order valence-electron chi connectivity index (χ3n) is 2.62. The number of hydrogen-bond acceptors (Lipinski definition) is 7. The van der Waals surface area contributed by atoms with Gasteiger partial charge in [0.15, 0.2) is 5.82 Å². The fraction of sp³-hybridized carbons (Fsp3) is 0.333. The number of nitrogens with two attached hydrogens (primary N) is 1. The minimum Gasteiger partial charge on any atom is -0.460 e. The molecule has 0 fully saturated rings. The van der Waals surface area contributed by atoms with Crippen molar-refractivity contribution in [3.63, 3.8) is 0 Å². The van der Waals surface area contributed by atoms with Gasteiger partial charge in [0.2, 0.25) is 0 Å². The number of rotatable bonds is 4. The quantitative estimate of drug-likeness (QED) is 0.576. The number of esters is 1. The van der Waals surface area contributed by atoms with E-state index in [1.54, 1.807) is 26.8 Å². The zero-order valence-corrected chi connectivity index (χ0v) is 16.7. The fourth-order valence-corrected chi connectivity index (χ4v) is 3.23. The second-order valence-corrected chi connectivity index (χ2v) is 8.12. The van der Waals surface area contributed by atoms with Crippen LogP contribution in [-0.2, 0) is 16.0 Å². The molecule has 10 heteroatoms. The monoisotopic (exact) mass is 420 g/mol. The number of aromatic nitrogens is 3. The lowest BCUT2D eigenvalue weighted by Gasteiger charge is -2.19. The lowest BCUT2D eigenvalue weighted by Crippen LogP contribution is -2.25. The van der Waals surface area contributed by atoms with E-state index in [1.807, 2.05) is 0 Å². The minimum absolute atomic E-state index is 0.0382. The van der Waals surface area contributed by atoms with E-state index in [9.17, 15) is 4.79 Å². The first-order valence-electron chi connectivity index (χ1n) is 7.08. The zero-order chi connectivity index (χ0) is 18.8. The van der Waals surface area contributed by atoms with Crippen LogP contribution in [0.25, 0.3) is 0 Å². The summed E-state index contributed by atoms with van der Waals surface area (Å²) in [5.41, 5.74) is 5.64. The van der Waals surface area contributed by atoms with Crippen LogP contribution in [0.4, 0.5) is 5.82 Å². The van der Waals surface area contributed by atoms with Gasteiger partial charge in [-0.2, -0.15) is 0 Å². The summed E-state index contributed by atoms with van der Waals surface area (Å²) in [5.74, 6) is -0.254. The van der Waals surface area contributed by atoms with Gasteiger partial charge in [-0.1, -0.05) is 46.6 Å². The molecule has 0 radical (unpaired) electrons. The zero-order valence-electron chi connectivity index (χ0n) is 13.6. The largest absolute Gasteiger partial charge is 0.460 e. The van der Waals surface area contributed by atoms with Gasteiger partial charge in [-0.25, -0.2) is 15.0 Å². The van der Waals surface area contributed by atoms with E-state index >= 15 is 0 Å². The number of anilines is 1. The highest BCUT2D eigenvalue weighted by atomic mass is 35.5. The summed E-state index contributed by atoms with van der Waals surface area (Å²) in [4.78, 5) is 24.7. The first-order chi connectivity index (χ1) is 11.5. The number of carbonyl (C=O) groups is 1. The van der Waals surface area contributed by atoms with Gasteiger partial charge in [-0.3, -0.25) is 4.79 Å². The molecule has 134 valence electrons. The van der Waals surface area contributed by atoms with E-state index in [0.717, 1.165) is 11.8 Å². The Balaban J connectivity index is 2.27. The lowest BCUT2D eigenvalue weighted by molar-refractivity contribution is -0.154. The van der Waals surface area contributed by atoms with Crippen LogP contribution in [0.1, 0.15) is 26.5 Å². The second-order valence-electron chi connectivity index (χ2n) is 5.96. The van der Waals surface area contributed by atoms with E-state index in [4.69, 9.17) is 45.3 Å². The second kappa shape index (κ2) is 7.95. The van der Waals surface area contributed by atoms with Crippen LogP contribution in [0, 0.1) is 0 Å². The average Bonchev–Trinajstić information content (AvgIpc) is 2.44. The van der Waals surface area contributed by atoms with Crippen LogP contribution in [0.5, 0.6) is 0 Å². The molecule has 0 saturated heterocycles. The fourth-order valence-electron chi connectivity index (χ4n) is 1.77. The van der Waals surface area contributed by atoms with Crippen molar-refractivity contribution in [3.05, 3.63) is 33.3 Å². The molecule has 2 rings (SSSR count). The predicted molar refractivity (Wildman–Crippen MR) is 99.4 cm³/mol. The van der Waals surface area contributed by atoms with Gasteiger partial charge in [0.05, 0.1) is 23.3 Å². The van der Waals surface area contributed by atoms with Crippen molar-refractivity contribution in [1.82, 2.24) is 15.0 Å². The van der Waals surface area contributed by atoms with Crippen molar-refractivity contribution < 1.29 is 9.53 Å². The van der Waals surface area contributed by atoms with Crippen molar-refractivity contribution >= 4 is 58.4 Å². The molecule has 0 aliphatic heterocycles. The summed E-state index contributed by atoms with van der Waals surface area (Å²) < 4.78 is 5.28. The number of carbonyl (C=O) groups excluding carboxylic acids is 1. The van der Waals surface area contributed by atoms with Crippen molar-refractivity contribution in [2.24, 2.45) is 0 Å². The first-order valence-corrected chi connectivity index (χ1v) is 9.03. The Bertz CT molecular complexity index is 812. The molecule has 0 amide bonds. The van der Waals surface area contributed by atoms with E-state index in [0.29, 0.717) is 15.6 Å². The Kier molecular flexibility index (Phi) is 6.37. The topological polar surface area (TPSA) is 91.0 Å². The van der Waals surface area contributed by atoms with Crippen LogP contribution in [-0.4, -0.2) is 26.5 Å². The van der Waals surface area contributed by atoms with E-state index in [-0.39, 0.29) is 27.6 Å². The van der Waals surface area contributed by atoms with Gasteiger partial charge in [-0.05, 0) is 26.8 Å². The smallest absolute Gasteiger partial charge is 0.312 e. The van der Waals surface area contributed by atoms with Gasteiger partial charge in [0.1, 0.15) is 20.9 Å². The molecule has 0 aromatic carbocycles. The van der Waals surface area contributed by atoms with Crippen LogP contribution in [0.3, 0.4) is 0 Å². The van der Waals surface area contributed by atoms with Gasteiger partial charge in [-0.15, -0.1) is 0 Å². The molecule has 2 heterocycles. The predicted octanol–water partition coefficient (Wildman–Crippen LogP) is 4.45. The maximum Gasteiger partial charge on any atom is 0.312 e. The molecule has 2 aromatic heterocycles. The standard InChI is InChI=1S/C15H15Cl3N4O2S/c1-15(2,3)24-10(23)5-7-4-8(11(17)12(18)21-7)25-14-13(19)22-9(16)6-20-14/h4,6H,5H2,1-3H3,(H2,19,22). The number of hydrogen-bond donors (Lipinski definition) is 1. The van der Waals surface area contributed by atoms with Gasteiger partial charge in [0.25, 0.3) is 0 Å². The maximum absolute atomic E-state index is 12.0. The average molecular weight is 422 g/mol. The van der Waals surface area contributed by atoms with Crippen LogP contribution < -0.4 is 5.73 Å². The Morgan fingerprint density at radius 1 is 1.28 bits per heavy atom. The van der Waals surface area contributed by atoms with E-state index in [1.165, 1.54) is 6.20 Å². The van der Waals surface area contributed by atoms with Gasteiger partial charge in [0, 0.05) is 4.90 Å². The summed E-state index contributed by atoms with van der Waals surface area (Å²) >= 11 is 19.2. The molecule has 0 atom stereocenters. The van der Waals surface area contributed by atoms with Crippen LogP contribution in [0.15, 0.2) is 22.2 Å². The van der Waals surface area contributed by atoms with Crippen molar-refractivity contribution in [3.8, 4) is 0 Å². The molecule has 25 heavy (non-hydrogen) atoms. The van der Waals surface area contributed by atoms with Crippen molar-refractivity contribution in [1.29, 1.82) is 0 Å². The normalized spacial score (nSPS) is 11.4. The molecule has 0 aliphatic rings. The number of ether oxygens (including phenoxy) is 1. The highest BCUT2D eigenvalue weighted by Gasteiger charge is 2.19. The molecule has 0 spiro atoms. The number of nitrogens with zero attached hydrogens (tertiary/aromatic N) is 3. The lowest BCUT2D eigenvalue weighted by atomic mass is 10.2. The molecule has 2 aromatic rings. The number of halogens is 3. The van der Waals surface area contributed by atoms with Crippen molar-refractivity contribution in [2.45, 2.75) is 42.7 Å². The number of nitrogen functional groups attached to an aromatic ring is 1. The Morgan fingerprint density at radius 2 is 1.96 bits per heavy atom. The summed E-state index contributed by atoms with van der Waals surface area (Å²) in [6.45, 7) is 5.36. The number of pyridine rings is 1. The maximum atomic E-state index is 12.0. The summed E-state index contributed by atoms with van der Waals surface area (Å²) in [7, 11) is 0. The minimum atomic E-state index is -0.585. The Morgan fingerprint density at radius 3 is 2.56 bits per heavy atom. The summed E-state index contributed by atoms with van der Waals surface area (Å²) in [5, 5.41) is 0.907. The highest BCUT2D eigenvalue weighted by molar-refractivity contribution is 7.99. The molecule has 0 saturated carbocycles. The third-order valence-corrected chi connectivity index (χ3v) is 4.72. The SMILES string of the molecule is CC(C)(C)OC(=O)Cc1cc(Sc2ncc(Cl)nc2N)c(Cl)c(Cl)n1. The Labute approximate surface area is 164 Å². The van der Waals surface area contributed by atoms with Gasteiger partial charge >= 0.3 is 5.97 Å². The molecule has 0 bridgehead atoms. The van der Waals surface area contributed by atoms with Crippen molar-refractivity contribution in [2.75, 3.05) is 5.73 Å². The molecule has 2 N–H and O–H groups in total. The van der Waals surface area contributed by atoms with Crippen LogP contribution >= 0.6 is 46.6 Å². The third kappa shape index (κ3) is 5.88. The molecule has 6 nitrogen and oxygen atoms in total.